The molecular weight excluding hydrogens is 323 g/mol. The van der Waals surface area contributed by atoms with Crippen molar-refractivity contribution in [1.82, 2.24) is 0 Å². The number of carbonyl (C=O) groups excluding carboxylic acids is 2. The van der Waals surface area contributed by atoms with Crippen LogP contribution in [-0.2, 0) is 0 Å². The number of carbonyl (C=O) groups is 2. The molecule has 2 N–H and O–H groups in total. The molecule has 7 heteroatoms. The van der Waals surface area contributed by atoms with Crippen LogP contribution in [0.1, 0.15) is 20.7 Å². The molecule has 0 saturated carbocycles. The topological polar surface area (TPSA) is 97.0 Å². The average Bonchev–Trinajstić information content (AvgIpc) is 3.17. The minimum absolute atomic E-state index is 0.155. The highest BCUT2D eigenvalue weighted by atomic mass is 16.6. The van der Waals surface area contributed by atoms with Crippen LogP contribution in [0.2, 0.25) is 0 Å². The third-order valence-electron chi connectivity index (χ3n) is 3.15. The van der Waals surface area contributed by atoms with E-state index in [0.717, 1.165) is 17.6 Å². The Morgan fingerprint density at radius 1 is 0.840 bits per heavy atom. The molecule has 0 bridgehead atoms. The molecule has 0 radical (unpaired) electrons. The maximum Gasteiger partial charge on any atom is 0.707 e. The summed E-state index contributed by atoms with van der Waals surface area (Å²) in [5.74, 6) is 0.880. The second-order valence-corrected chi connectivity index (χ2v) is 4.78. The Morgan fingerprint density at radius 2 is 1.48 bits per heavy atom. The van der Waals surface area contributed by atoms with Crippen molar-refractivity contribution in [2.75, 3.05) is 0 Å². The summed E-state index contributed by atoms with van der Waals surface area (Å²) in [5.41, 5.74) is 1.77. The summed E-state index contributed by atoms with van der Waals surface area (Å²) in [6.07, 6.45) is 3.01. The van der Waals surface area contributed by atoms with Crippen molar-refractivity contribution >= 4 is 19.9 Å². The van der Waals surface area contributed by atoms with E-state index in [0.29, 0.717) is 11.8 Å². The highest BCUT2D eigenvalue weighted by Gasteiger charge is 2.13. The quantitative estimate of drug-likeness (QED) is 0.548. The zero-order chi connectivity index (χ0) is 18.1. The Morgan fingerprint density at radius 3 is 2.08 bits per heavy atom. The van der Waals surface area contributed by atoms with Gasteiger partial charge in [0.05, 0.1) is 11.8 Å². The van der Waals surface area contributed by atoms with E-state index in [-0.39, 0.29) is 11.3 Å². The summed E-state index contributed by atoms with van der Waals surface area (Å²) in [5, 5.41) is 16.9. The lowest BCUT2D eigenvalue weighted by molar-refractivity contribution is 0.111. The summed E-state index contributed by atoms with van der Waals surface area (Å²) in [6, 6.07) is 17.3. The van der Waals surface area contributed by atoms with Crippen LogP contribution >= 0.6 is 0 Å². The van der Waals surface area contributed by atoms with Gasteiger partial charge >= 0.3 is 7.32 Å². The van der Waals surface area contributed by atoms with Gasteiger partial charge in [-0.3, -0.25) is 9.59 Å². The first-order chi connectivity index (χ1) is 12.2. The largest absolute Gasteiger partial charge is 0.707 e. The van der Waals surface area contributed by atoms with Crippen molar-refractivity contribution in [1.29, 1.82) is 0 Å². The van der Waals surface area contributed by atoms with Crippen molar-refractivity contribution in [3.63, 3.8) is 0 Å². The lowest BCUT2D eigenvalue weighted by atomic mass is 10.1. The van der Waals surface area contributed by atoms with Crippen LogP contribution in [0.4, 0.5) is 0 Å². The van der Waals surface area contributed by atoms with E-state index in [1.165, 1.54) is 12.1 Å². The molecule has 1 heterocycles. The summed E-state index contributed by atoms with van der Waals surface area (Å²) < 4.78 is 9.72. The van der Waals surface area contributed by atoms with Gasteiger partial charge in [0, 0.05) is 11.1 Å². The molecule has 0 unspecified atom stereocenters. The standard InChI is InChI=1S/C11H8O2.C7H7BO4/c12-8-9-4-1-2-5-10(9)11-6-3-7-13-11;9-5-6-3-1-2-4-7(6)12-8(10)11/h1-8H;1-5,10-11H. The highest BCUT2D eigenvalue weighted by Crippen LogP contribution is 2.22. The van der Waals surface area contributed by atoms with Crippen molar-refractivity contribution in [3.05, 3.63) is 78.1 Å². The summed E-state index contributed by atoms with van der Waals surface area (Å²) in [6.45, 7) is 0. The van der Waals surface area contributed by atoms with Gasteiger partial charge in [-0.15, -0.1) is 0 Å². The maximum absolute atomic E-state index is 10.7. The van der Waals surface area contributed by atoms with Gasteiger partial charge in [0.15, 0.2) is 12.6 Å². The second-order valence-electron chi connectivity index (χ2n) is 4.78. The van der Waals surface area contributed by atoms with Crippen LogP contribution in [0.25, 0.3) is 11.3 Å². The fourth-order valence-corrected chi connectivity index (χ4v) is 2.05. The fraction of sp³-hybridized carbons (Fsp3) is 0. The lowest BCUT2D eigenvalue weighted by Crippen LogP contribution is -2.21. The summed E-state index contributed by atoms with van der Waals surface area (Å²) in [7, 11) is -1.90. The molecule has 0 spiro atoms. The Hall–Kier alpha value is -3.16. The van der Waals surface area contributed by atoms with E-state index in [9.17, 15) is 9.59 Å². The van der Waals surface area contributed by atoms with Crippen molar-refractivity contribution in [2.45, 2.75) is 0 Å². The van der Waals surface area contributed by atoms with E-state index in [4.69, 9.17) is 14.5 Å². The molecule has 0 aliphatic rings. The molecule has 0 saturated heterocycles. The molecule has 0 atom stereocenters. The number of hydrogen-bond acceptors (Lipinski definition) is 6. The number of rotatable bonds is 5. The molecule has 0 aliphatic heterocycles. The number of benzene rings is 2. The first kappa shape index (κ1) is 18.2. The minimum Gasteiger partial charge on any atom is -0.511 e. The van der Waals surface area contributed by atoms with Gasteiger partial charge in [-0.1, -0.05) is 36.4 Å². The van der Waals surface area contributed by atoms with Crippen molar-refractivity contribution in [3.8, 4) is 17.1 Å². The predicted octanol–water partition coefficient (Wildman–Crippen LogP) is 2.61. The minimum atomic E-state index is -1.90. The van der Waals surface area contributed by atoms with E-state index < -0.39 is 7.32 Å². The monoisotopic (exact) mass is 338 g/mol. The molecular formula is C18H15BO6. The molecule has 3 aromatic rings. The van der Waals surface area contributed by atoms with Gasteiger partial charge in [0.2, 0.25) is 0 Å². The molecule has 2 aromatic carbocycles. The molecule has 3 rings (SSSR count). The molecule has 126 valence electrons. The van der Waals surface area contributed by atoms with Crippen molar-refractivity contribution < 1.29 is 28.7 Å². The summed E-state index contributed by atoms with van der Waals surface area (Å²) >= 11 is 0. The predicted molar refractivity (Wildman–Crippen MR) is 92.2 cm³/mol. The van der Waals surface area contributed by atoms with Gasteiger partial charge in [-0.2, -0.15) is 0 Å². The van der Waals surface area contributed by atoms with E-state index >= 15 is 0 Å². The van der Waals surface area contributed by atoms with Crippen LogP contribution in [-0.4, -0.2) is 29.9 Å². The van der Waals surface area contributed by atoms with Crippen molar-refractivity contribution in [2.24, 2.45) is 0 Å². The Labute approximate surface area is 144 Å². The number of aldehydes is 2. The summed E-state index contributed by atoms with van der Waals surface area (Å²) in [4.78, 5) is 21.0. The van der Waals surface area contributed by atoms with E-state index in [1.807, 2.05) is 24.3 Å². The first-order valence-corrected chi connectivity index (χ1v) is 7.30. The third kappa shape index (κ3) is 5.17. The second kappa shape index (κ2) is 9.22. The van der Waals surface area contributed by atoms with Gasteiger partial charge in [0.25, 0.3) is 0 Å². The van der Waals surface area contributed by atoms with Crippen LogP contribution < -0.4 is 4.65 Å². The molecule has 25 heavy (non-hydrogen) atoms. The average molecular weight is 338 g/mol. The van der Waals surface area contributed by atoms with E-state index in [2.05, 4.69) is 4.65 Å². The maximum atomic E-state index is 10.7. The Balaban J connectivity index is 0.000000181. The smallest absolute Gasteiger partial charge is 0.511 e. The van der Waals surface area contributed by atoms with Gasteiger partial charge < -0.3 is 19.1 Å². The van der Waals surface area contributed by atoms with Crippen LogP contribution in [0.15, 0.2) is 71.3 Å². The van der Waals surface area contributed by atoms with Gasteiger partial charge in [0.1, 0.15) is 11.5 Å². The molecule has 6 nitrogen and oxygen atoms in total. The van der Waals surface area contributed by atoms with Gasteiger partial charge in [-0.05, 0) is 24.3 Å². The Bertz CT molecular complexity index is 814. The third-order valence-corrected chi connectivity index (χ3v) is 3.15. The zero-order valence-electron chi connectivity index (χ0n) is 13.1. The molecule has 0 aliphatic carbocycles. The first-order valence-electron chi connectivity index (χ1n) is 7.30. The number of hydrogen-bond donors (Lipinski definition) is 2. The molecule has 1 aromatic heterocycles. The van der Waals surface area contributed by atoms with Gasteiger partial charge in [-0.25, -0.2) is 0 Å². The Kier molecular flexibility index (Phi) is 6.70. The number of furan rings is 1. The normalized spacial score (nSPS) is 9.52. The highest BCUT2D eigenvalue weighted by molar-refractivity contribution is 6.33. The lowest BCUT2D eigenvalue weighted by Gasteiger charge is -2.05. The van der Waals surface area contributed by atoms with Crippen LogP contribution in [0.3, 0.4) is 0 Å². The molecule has 0 amide bonds. The molecule has 0 fully saturated rings. The number of para-hydroxylation sites is 1. The van der Waals surface area contributed by atoms with Crippen LogP contribution in [0.5, 0.6) is 5.75 Å². The van der Waals surface area contributed by atoms with Crippen LogP contribution in [0, 0.1) is 0 Å². The fourth-order valence-electron chi connectivity index (χ4n) is 2.05. The zero-order valence-corrected chi connectivity index (χ0v) is 13.1. The SMILES string of the molecule is O=Cc1ccccc1-c1ccco1.O=Cc1ccccc1OB(O)O. The van der Waals surface area contributed by atoms with E-state index in [1.54, 1.807) is 30.5 Å².